The molecule has 2 rings (SSSR count). The summed E-state index contributed by atoms with van der Waals surface area (Å²) in [6, 6.07) is 4.15. The highest BCUT2D eigenvalue weighted by atomic mass is 19.1. The van der Waals surface area contributed by atoms with Crippen molar-refractivity contribution in [2.75, 3.05) is 5.73 Å². The Labute approximate surface area is 108 Å². The Morgan fingerprint density at radius 1 is 1.32 bits per heavy atom. The lowest BCUT2D eigenvalue weighted by Gasteiger charge is -2.07. The molecule has 0 saturated carbocycles. The maximum absolute atomic E-state index is 13.4. The molecule has 0 unspecified atom stereocenters. The molecule has 19 heavy (non-hydrogen) atoms. The van der Waals surface area contributed by atoms with Gasteiger partial charge in [0.1, 0.15) is 17.7 Å². The molecule has 1 aromatic carbocycles. The number of nitrogen functional groups attached to an aromatic ring is 1. The van der Waals surface area contributed by atoms with Gasteiger partial charge in [-0.2, -0.15) is 0 Å². The maximum Gasteiger partial charge on any atom is 0.310 e. The van der Waals surface area contributed by atoms with Crippen molar-refractivity contribution in [3.8, 4) is 11.1 Å². The first-order chi connectivity index (χ1) is 9.02. The van der Waals surface area contributed by atoms with Crippen molar-refractivity contribution in [2.45, 2.75) is 6.54 Å². The second-order valence-electron chi connectivity index (χ2n) is 3.93. The van der Waals surface area contributed by atoms with E-state index < -0.39 is 10.7 Å². The third kappa shape index (κ3) is 2.50. The number of aromatic nitrogens is 1. The summed E-state index contributed by atoms with van der Waals surface area (Å²) in [7, 11) is 0. The van der Waals surface area contributed by atoms with Crippen molar-refractivity contribution in [3.05, 3.63) is 52.1 Å². The second-order valence-corrected chi connectivity index (χ2v) is 3.93. The van der Waals surface area contributed by atoms with Gasteiger partial charge in [-0.15, -0.1) is 0 Å². The standard InChI is InChI=1S/C12H11FN4O2/c13-9-2-7(4-14)1-8(3-9)10-5-16-6-11(12(10)15)17(18)19/h1-3,5-6H,4,14H2,(H2,15,16). The predicted octanol–water partition coefficient (Wildman–Crippen LogP) is 1.84. The van der Waals surface area contributed by atoms with Crippen molar-refractivity contribution >= 4 is 11.4 Å². The number of nitrogens with zero attached hydrogens (tertiary/aromatic N) is 2. The molecule has 2 aromatic rings. The van der Waals surface area contributed by atoms with Gasteiger partial charge in [0.25, 0.3) is 0 Å². The van der Waals surface area contributed by atoms with Gasteiger partial charge in [0.2, 0.25) is 0 Å². The number of pyridine rings is 1. The van der Waals surface area contributed by atoms with Crippen LogP contribution in [0.2, 0.25) is 0 Å². The summed E-state index contributed by atoms with van der Waals surface area (Å²) in [5.74, 6) is -0.483. The van der Waals surface area contributed by atoms with Gasteiger partial charge in [0.15, 0.2) is 0 Å². The lowest BCUT2D eigenvalue weighted by molar-refractivity contribution is -0.384. The van der Waals surface area contributed by atoms with Gasteiger partial charge >= 0.3 is 5.69 Å². The number of nitrogens with two attached hydrogens (primary N) is 2. The Morgan fingerprint density at radius 3 is 2.68 bits per heavy atom. The summed E-state index contributed by atoms with van der Waals surface area (Å²) < 4.78 is 13.4. The Bertz CT molecular complexity index is 646. The average Bonchev–Trinajstić information content (AvgIpc) is 2.37. The summed E-state index contributed by atoms with van der Waals surface area (Å²) in [6.45, 7) is 0.160. The Morgan fingerprint density at radius 2 is 2.05 bits per heavy atom. The molecule has 0 amide bonds. The quantitative estimate of drug-likeness (QED) is 0.648. The maximum atomic E-state index is 13.4. The predicted molar refractivity (Wildman–Crippen MR) is 68.6 cm³/mol. The van der Waals surface area contributed by atoms with E-state index in [1.807, 2.05) is 0 Å². The molecule has 0 aliphatic heterocycles. The summed E-state index contributed by atoms with van der Waals surface area (Å²) in [5, 5.41) is 10.8. The van der Waals surface area contributed by atoms with Crippen LogP contribution in [0.3, 0.4) is 0 Å². The summed E-state index contributed by atoms with van der Waals surface area (Å²) in [6.07, 6.45) is 2.42. The zero-order chi connectivity index (χ0) is 14.0. The molecular formula is C12H11FN4O2. The van der Waals surface area contributed by atoms with E-state index in [2.05, 4.69) is 4.98 Å². The topological polar surface area (TPSA) is 108 Å². The van der Waals surface area contributed by atoms with Crippen LogP contribution in [-0.2, 0) is 6.54 Å². The number of anilines is 1. The third-order valence-corrected chi connectivity index (χ3v) is 2.67. The van der Waals surface area contributed by atoms with Crippen molar-refractivity contribution in [2.24, 2.45) is 5.73 Å². The molecular weight excluding hydrogens is 251 g/mol. The highest BCUT2D eigenvalue weighted by molar-refractivity contribution is 5.81. The Hall–Kier alpha value is -2.54. The van der Waals surface area contributed by atoms with Crippen LogP contribution in [0.5, 0.6) is 0 Å². The molecule has 6 nitrogen and oxygen atoms in total. The van der Waals surface area contributed by atoms with Crippen molar-refractivity contribution in [1.82, 2.24) is 4.98 Å². The molecule has 0 bridgehead atoms. The zero-order valence-corrected chi connectivity index (χ0v) is 9.84. The van der Waals surface area contributed by atoms with Gasteiger partial charge in [-0.3, -0.25) is 15.1 Å². The first-order valence-electron chi connectivity index (χ1n) is 5.40. The number of hydrogen-bond donors (Lipinski definition) is 2. The summed E-state index contributed by atoms with van der Waals surface area (Å²) in [4.78, 5) is 13.9. The zero-order valence-electron chi connectivity index (χ0n) is 9.84. The van der Waals surface area contributed by atoms with Crippen LogP contribution in [0.1, 0.15) is 5.56 Å². The smallest absolute Gasteiger partial charge is 0.310 e. The lowest BCUT2D eigenvalue weighted by Crippen LogP contribution is -2.01. The van der Waals surface area contributed by atoms with Gasteiger partial charge in [0.05, 0.1) is 4.92 Å². The van der Waals surface area contributed by atoms with Crippen molar-refractivity contribution < 1.29 is 9.31 Å². The molecule has 0 aliphatic carbocycles. The van der Waals surface area contributed by atoms with Gasteiger partial charge < -0.3 is 11.5 Å². The van der Waals surface area contributed by atoms with E-state index in [0.717, 1.165) is 6.20 Å². The van der Waals surface area contributed by atoms with Gasteiger partial charge in [0, 0.05) is 18.3 Å². The largest absolute Gasteiger partial charge is 0.393 e. The highest BCUT2D eigenvalue weighted by Crippen LogP contribution is 2.32. The molecule has 98 valence electrons. The van der Waals surface area contributed by atoms with E-state index in [9.17, 15) is 14.5 Å². The Balaban J connectivity index is 2.62. The molecule has 0 saturated heterocycles. The minimum atomic E-state index is -0.630. The first-order valence-corrected chi connectivity index (χ1v) is 5.40. The molecule has 0 spiro atoms. The van der Waals surface area contributed by atoms with Crippen LogP contribution in [0, 0.1) is 15.9 Å². The van der Waals surface area contributed by atoms with E-state index in [1.54, 1.807) is 6.07 Å². The van der Waals surface area contributed by atoms with Crippen molar-refractivity contribution in [3.63, 3.8) is 0 Å². The minimum Gasteiger partial charge on any atom is -0.393 e. The number of rotatable bonds is 3. The van der Waals surface area contributed by atoms with Gasteiger partial charge in [-0.1, -0.05) is 0 Å². The lowest BCUT2D eigenvalue weighted by atomic mass is 10.0. The second kappa shape index (κ2) is 4.99. The molecule has 4 N–H and O–H groups in total. The molecule has 0 atom stereocenters. The minimum absolute atomic E-state index is 0.0476. The fourth-order valence-electron chi connectivity index (χ4n) is 1.76. The summed E-state index contributed by atoms with van der Waals surface area (Å²) >= 11 is 0. The van der Waals surface area contributed by atoms with E-state index in [-0.39, 0.29) is 17.9 Å². The van der Waals surface area contributed by atoms with Crippen LogP contribution in [0.4, 0.5) is 15.8 Å². The fourth-order valence-corrected chi connectivity index (χ4v) is 1.76. The molecule has 1 aromatic heterocycles. The third-order valence-electron chi connectivity index (χ3n) is 2.67. The number of benzene rings is 1. The van der Waals surface area contributed by atoms with Crippen LogP contribution in [0.25, 0.3) is 11.1 Å². The van der Waals surface area contributed by atoms with Crippen LogP contribution >= 0.6 is 0 Å². The number of hydrogen-bond acceptors (Lipinski definition) is 5. The van der Waals surface area contributed by atoms with E-state index in [1.165, 1.54) is 18.3 Å². The number of halogens is 1. The fraction of sp³-hybridized carbons (Fsp3) is 0.0833. The van der Waals surface area contributed by atoms with E-state index >= 15 is 0 Å². The normalized spacial score (nSPS) is 10.4. The Kier molecular flexibility index (Phi) is 3.39. The molecule has 7 heteroatoms. The summed E-state index contributed by atoms with van der Waals surface area (Å²) in [5.41, 5.74) is 12.1. The van der Waals surface area contributed by atoms with Gasteiger partial charge in [-0.25, -0.2) is 4.39 Å². The van der Waals surface area contributed by atoms with Crippen LogP contribution < -0.4 is 11.5 Å². The highest BCUT2D eigenvalue weighted by Gasteiger charge is 2.17. The molecule has 0 fully saturated rings. The SMILES string of the molecule is NCc1cc(F)cc(-c2cncc([N+](=O)[O-])c2N)c1. The first kappa shape index (κ1) is 12.9. The van der Waals surface area contributed by atoms with E-state index in [0.29, 0.717) is 16.7 Å². The van der Waals surface area contributed by atoms with E-state index in [4.69, 9.17) is 11.5 Å². The van der Waals surface area contributed by atoms with Crippen LogP contribution in [-0.4, -0.2) is 9.91 Å². The van der Waals surface area contributed by atoms with Crippen LogP contribution in [0.15, 0.2) is 30.6 Å². The molecule has 0 aliphatic rings. The van der Waals surface area contributed by atoms with Crippen molar-refractivity contribution in [1.29, 1.82) is 0 Å². The number of nitro groups is 1. The monoisotopic (exact) mass is 262 g/mol. The molecule has 1 heterocycles. The molecule has 0 radical (unpaired) electrons. The van der Waals surface area contributed by atoms with Gasteiger partial charge in [-0.05, 0) is 29.3 Å². The average molecular weight is 262 g/mol.